The number of hydrogen-bond donors (Lipinski definition) is 1. The number of rotatable bonds is 4. The number of carbonyl (C=O) groups is 2. The number of alkyl halides is 3. The van der Waals surface area contributed by atoms with E-state index >= 15 is 0 Å². The Kier molecular flexibility index (Phi) is 6.01. The fourth-order valence-electron chi connectivity index (χ4n) is 4.11. The number of aromatic nitrogens is 2. The van der Waals surface area contributed by atoms with Crippen LogP contribution < -0.4 is 5.32 Å². The van der Waals surface area contributed by atoms with Crippen LogP contribution in [-0.4, -0.2) is 51.8 Å². The second kappa shape index (κ2) is 8.76. The molecule has 0 aliphatic carbocycles. The van der Waals surface area contributed by atoms with Gasteiger partial charge in [-0.05, 0) is 42.7 Å². The predicted molar refractivity (Wildman–Crippen MR) is 116 cm³/mol. The number of fused-ring (bicyclic) bond motifs is 1. The summed E-state index contributed by atoms with van der Waals surface area (Å²) in [6.07, 6.45) is -1.12. The Labute approximate surface area is 188 Å². The molecule has 174 valence electrons. The lowest BCUT2D eigenvalue weighted by atomic mass is 10.1. The number of nitrogens with one attached hydrogen (secondary N) is 1. The fraction of sp³-hybridized carbons (Fsp3) is 0.348. The molecule has 0 radical (unpaired) electrons. The van der Waals surface area contributed by atoms with Crippen LogP contribution in [0.5, 0.6) is 0 Å². The number of amides is 3. The molecule has 0 saturated carbocycles. The quantitative estimate of drug-likeness (QED) is 0.639. The zero-order valence-corrected chi connectivity index (χ0v) is 18.3. The molecule has 1 aliphatic rings. The molecule has 3 aromatic rings. The van der Waals surface area contributed by atoms with Crippen molar-refractivity contribution < 1.29 is 22.8 Å². The van der Waals surface area contributed by atoms with Gasteiger partial charge in [-0.15, -0.1) is 0 Å². The van der Waals surface area contributed by atoms with Gasteiger partial charge < -0.3 is 19.5 Å². The van der Waals surface area contributed by atoms with E-state index in [-0.39, 0.29) is 24.3 Å². The highest BCUT2D eigenvalue weighted by atomic mass is 19.4. The van der Waals surface area contributed by atoms with Crippen LogP contribution >= 0.6 is 0 Å². The van der Waals surface area contributed by atoms with Gasteiger partial charge in [-0.2, -0.15) is 13.2 Å². The SMILES string of the molecule is CN(C)C(=O)N1CCC[C@H]1c1nc(C(=O)NCc2cccc(C(F)(F)F)c2)c2ccccn12. The summed E-state index contributed by atoms with van der Waals surface area (Å²) in [6, 6.07) is 9.78. The second-order valence-electron chi connectivity index (χ2n) is 8.18. The van der Waals surface area contributed by atoms with Gasteiger partial charge in [-0.25, -0.2) is 9.78 Å². The number of urea groups is 1. The van der Waals surface area contributed by atoms with Crippen molar-refractivity contribution in [1.29, 1.82) is 0 Å². The molecule has 1 fully saturated rings. The smallest absolute Gasteiger partial charge is 0.347 e. The molecule has 33 heavy (non-hydrogen) atoms. The number of likely N-dealkylation sites (tertiary alicyclic amines) is 1. The van der Waals surface area contributed by atoms with Crippen LogP contribution in [0.4, 0.5) is 18.0 Å². The Bertz CT molecular complexity index is 1190. The fourth-order valence-corrected chi connectivity index (χ4v) is 4.11. The largest absolute Gasteiger partial charge is 0.416 e. The molecule has 4 rings (SSSR count). The van der Waals surface area contributed by atoms with Gasteiger partial charge >= 0.3 is 12.2 Å². The minimum atomic E-state index is -4.45. The Hall–Kier alpha value is -3.56. The summed E-state index contributed by atoms with van der Waals surface area (Å²) < 4.78 is 40.7. The molecule has 1 N–H and O–H groups in total. The van der Waals surface area contributed by atoms with Gasteiger partial charge in [0.05, 0.1) is 17.1 Å². The van der Waals surface area contributed by atoms with Gasteiger partial charge in [0.2, 0.25) is 0 Å². The van der Waals surface area contributed by atoms with E-state index in [1.807, 2.05) is 6.07 Å². The molecule has 7 nitrogen and oxygen atoms in total. The molecule has 1 saturated heterocycles. The Morgan fingerprint density at radius 2 is 1.97 bits per heavy atom. The van der Waals surface area contributed by atoms with E-state index in [0.717, 1.165) is 25.0 Å². The van der Waals surface area contributed by atoms with Gasteiger partial charge in [-0.1, -0.05) is 18.2 Å². The zero-order valence-electron chi connectivity index (χ0n) is 18.3. The van der Waals surface area contributed by atoms with Crippen LogP contribution in [-0.2, 0) is 12.7 Å². The molecular weight excluding hydrogens is 435 g/mol. The second-order valence-corrected chi connectivity index (χ2v) is 8.18. The lowest BCUT2D eigenvalue weighted by Crippen LogP contribution is -2.39. The maximum absolute atomic E-state index is 13.0. The number of imidazole rings is 1. The van der Waals surface area contributed by atoms with Crippen molar-refractivity contribution in [3.05, 3.63) is 71.3 Å². The summed E-state index contributed by atoms with van der Waals surface area (Å²) in [5.41, 5.74) is 0.302. The first-order chi connectivity index (χ1) is 15.7. The molecule has 0 spiro atoms. The number of carbonyl (C=O) groups excluding carboxylic acids is 2. The van der Waals surface area contributed by atoms with Gasteiger partial charge in [0.1, 0.15) is 5.82 Å². The van der Waals surface area contributed by atoms with E-state index < -0.39 is 17.6 Å². The molecule has 2 aromatic heterocycles. The van der Waals surface area contributed by atoms with Gasteiger partial charge in [0, 0.05) is 33.4 Å². The normalized spacial score (nSPS) is 16.3. The number of hydrogen-bond acceptors (Lipinski definition) is 3. The van der Waals surface area contributed by atoms with Crippen LogP contribution in [0.15, 0.2) is 48.7 Å². The van der Waals surface area contributed by atoms with E-state index in [1.54, 1.807) is 41.7 Å². The molecular formula is C23H24F3N5O2. The minimum Gasteiger partial charge on any atom is -0.347 e. The molecule has 1 aromatic carbocycles. The number of nitrogens with zero attached hydrogens (tertiary/aromatic N) is 4. The highest BCUT2D eigenvalue weighted by molar-refractivity contribution is 5.99. The summed E-state index contributed by atoms with van der Waals surface area (Å²) in [5, 5.41) is 2.67. The average Bonchev–Trinajstić information content (AvgIpc) is 3.41. The predicted octanol–water partition coefficient (Wildman–Crippen LogP) is 4.10. The third-order valence-corrected chi connectivity index (χ3v) is 5.68. The Morgan fingerprint density at radius 1 is 1.18 bits per heavy atom. The van der Waals surface area contributed by atoms with E-state index in [0.29, 0.717) is 23.4 Å². The average molecular weight is 459 g/mol. The van der Waals surface area contributed by atoms with Crippen molar-refractivity contribution in [2.24, 2.45) is 0 Å². The third kappa shape index (κ3) is 4.50. The molecule has 10 heteroatoms. The van der Waals surface area contributed by atoms with Crippen molar-refractivity contribution in [3.8, 4) is 0 Å². The molecule has 3 heterocycles. The van der Waals surface area contributed by atoms with Crippen LogP contribution in [0.2, 0.25) is 0 Å². The van der Waals surface area contributed by atoms with Gasteiger partial charge in [0.15, 0.2) is 5.69 Å². The van der Waals surface area contributed by atoms with Crippen LogP contribution in [0.3, 0.4) is 0 Å². The van der Waals surface area contributed by atoms with Gasteiger partial charge in [-0.3, -0.25) is 4.79 Å². The lowest BCUT2D eigenvalue weighted by molar-refractivity contribution is -0.137. The van der Waals surface area contributed by atoms with Gasteiger partial charge in [0.25, 0.3) is 5.91 Å². The standard InChI is InChI=1S/C23H24F3N5O2/c1-29(2)22(33)31-12-6-10-18(31)20-28-19(17-9-3-4-11-30(17)20)21(32)27-14-15-7-5-8-16(13-15)23(24,25)26/h3-5,7-9,11,13,18H,6,10,12,14H2,1-2H3,(H,27,32)/t18-/m0/s1. The zero-order chi connectivity index (χ0) is 23.8. The van der Waals surface area contributed by atoms with Crippen LogP contribution in [0.1, 0.15) is 46.3 Å². The van der Waals surface area contributed by atoms with Crippen LogP contribution in [0.25, 0.3) is 5.52 Å². The van der Waals surface area contributed by atoms with E-state index in [2.05, 4.69) is 10.3 Å². The van der Waals surface area contributed by atoms with Crippen molar-refractivity contribution in [2.75, 3.05) is 20.6 Å². The van der Waals surface area contributed by atoms with E-state index in [1.165, 1.54) is 17.0 Å². The summed E-state index contributed by atoms with van der Waals surface area (Å²) in [7, 11) is 3.38. The number of halogens is 3. The van der Waals surface area contributed by atoms with Crippen molar-refractivity contribution in [1.82, 2.24) is 24.5 Å². The van der Waals surface area contributed by atoms with E-state index in [9.17, 15) is 22.8 Å². The number of pyridine rings is 1. The molecule has 0 unspecified atom stereocenters. The number of benzene rings is 1. The monoisotopic (exact) mass is 459 g/mol. The van der Waals surface area contributed by atoms with Crippen molar-refractivity contribution in [2.45, 2.75) is 31.6 Å². The molecule has 3 amide bonds. The van der Waals surface area contributed by atoms with E-state index in [4.69, 9.17) is 0 Å². The highest BCUT2D eigenvalue weighted by Gasteiger charge is 2.35. The topological polar surface area (TPSA) is 70.0 Å². The minimum absolute atomic E-state index is 0.0708. The Balaban J connectivity index is 1.60. The summed E-state index contributed by atoms with van der Waals surface area (Å²) in [5.74, 6) is 0.0911. The molecule has 1 aliphatic heterocycles. The summed E-state index contributed by atoms with van der Waals surface area (Å²) >= 11 is 0. The highest BCUT2D eigenvalue weighted by Crippen LogP contribution is 2.33. The van der Waals surface area contributed by atoms with Crippen molar-refractivity contribution in [3.63, 3.8) is 0 Å². The first-order valence-corrected chi connectivity index (χ1v) is 10.6. The first kappa shape index (κ1) is 22.6. The lowest BCUT2D eigenvalue weighted by Gasteiger charge is -2.27. The van der Waals surface area contributed by atoms with Crippen LogP contribution in [0, 0.1) is 0 Å². The maximum Gasteiger partial charge on any atom is 0.416 e. The maximum atomic E-state index is 13.0. The molecule has 0 bridgehead atoms. The summed E-state index contributed by atoms with van der Waals surface area (Å²) in [6.45, 7) is 0.527. The first-order valence-electron chi connectivity index (χ1n) is 10.6. The third-order valence-electron chi connectivity index (χ3n) is 5.68. The Morgan fingerprint density at radius 3 is 2.70 bits per heavy atom. The molecule has 1 atom stereocenters. The van der Waals surface area contributed by atoms with Crippen molar-refractivity contribution >= 4 is 17.5 Å². The summed E-state index contributed by atoms with van der Waals surface area (Å²) in [4.78, 5) is 33.4.